The molecule has 0 bridgehead atoms. The number of amides is 1. The predicted octanol–water partition coefficient (Wildman–Crippen LogP) is 3.98. The Labute approximate surface area is 209 Å². The third-order valence-electron chi connectivity index (χ3n) is 6.17. The topological polar surface area (TPSA) is 81.8 Å². The molecular formula is C29H27N5O2. The first kappa shape index (κ1) is 23.2. The Kier molecular flexibility index (Phi) is 6.71. The summed E-state index contributed by atoms with van der Waals surface area (Å²) in [6.45, 7) is 3.31. The van der Waals surface area contributed by atoms with Crippen LogP contribution in [0.25, 0.3) is 22.2 Å². The number of fused-ring (bicyclic) bond motifs is 1. The van der Waals surface area contributed by atoms with Crippen LogP contribution in [-0.4, -0.2) is 31.8 Å². The van der Waals surface area contributed by atoms with E-state index in [2.05, 4.69) is 27.5 Å². The van der Waals surface area contributed by atoms with Gasteiger partial charge in [-0.25, -0.2) is 9.67 Å². The number of carbonyl (C=O) groups excluding carboxylic acids is 1. The molecule has 0 aliphatic rings. The Bertz CT molecular complexity index is 1540. The van der Waals surface area contributed by atoms with Crippen LogP contribution in [0, 0.1) is 6.92 Å². The summed E-state index contributed by atoms with van der Waals surface area (Å²) in [6, 6.07) is 26.2. The molecule has 36 heavy (non-hydrogen) atoms. The van der Waals surface area contributed by atoms with E-state index in [1.165, 1.54) is 5.56 Å². The summed E-state index contributed by atoms with van der Waals surface area (Å²) >= 11 is 0. The van der Waals surface area contributed by atoms with Crippen molar-refractivity contribution < 1.29 is 4.79 Å². The Morgan fingerprint density at radius 1 is 0.889 bits per heavy atom. The van der Waals surface area contributed by atoms with Gasteiger partial charge in [0.05, 0.1) is 25.7 Å². The smallest absolute Gasteiger partial charge is 0.264 e. The highest BCUT2D eigenvalue weighted by Gasteiger charge is 2.11. The SMILES string of the molecule is Cc1ccc(Cn2cnc3c(cnn3CCNC(=O)Cc3ccc(-c4ccccc4)cc3)c2=O)cc1. The van der Waals surface area contributed by atoms with Crippen LogP contribution >= 0.6 is 0 Å². The highest BCUT2D eigenvalue weighted by atomic mass is 16.1. The van der Waals surface area contributed by atoms with Crippen molar-refractivity contribution in [3.63, 3.8) is 0 Å². The zero-order valence-electron chi connectivity index (χ0n) is 20.1. The van der Waals surface area contributed by atoms with E-state index in [1.54, 1.807) is 21.8 Å². The Morgan fingerprint density at radius 3 is 2.33 bits per heavy atom. The van der Waals surface area contributed by atoms with E-state index in [-0.39, 0.29) is 11.5 Å². The van der Waals surface area contributed by atoms with E-state index >= 15 is 0 Å². The first-order valence-electron chi connectivity index (χ1n) is 11.9. The van der Waals surface area contributed by atoms with Gasteiger partial charge in [-0.3, -0.25) is 14.2 Å². The average molecular weight is 478 g/mol. The number of rotatable bonds is 8. The summed E-state index contributed by atoms with van der Waals surface area (Å²) in [5.74, 6) is -0.0627. The van der Waals surface area contributed by atoms with Crippen molar-refractivity contribution in [3.05, 3.63) is 118 Å². The Morgan fingerprint density at radius 2 is 1.58 bits per heavy atom. The molecular weight excluding hydrogens is 450 g/mol. The largest absolute Gasteiger partial charge is 0.354 e. The molecule has 1 amide bonds. The van der Waals surface area contributed by atoms with Crippen molar-refractivity contribution in [3.8, 4) is 11.1 Å². The maximum absolute atomic E-state index is 12.9. The van der Waals surface area contributed by atoms with E-state index in [4.69, 9.17) is 0 Å². The third kappa shape index (κ3) is 5.25. The van der Waals surface area contributed by atoms with Gasteiger partial charge in [-0.2, -0.15) is 5.10 Å². The summed E-state index contributed by atoms with van der Waals surface area (Å²) in [6.07, 6.45) is 3.41. The van der Waals surface area contributed by atoms with Crippen LogP contribution in [0.15, 0.2) is 96.2 Å². The molecule has 7 nitrogen and oxygen atoms in total. The van der Waals surface area contributed by atoms with Gasteiger partial charge in [0.2, 0.25) is 5.91 Å². The highest BCUT2D eigenvalue weighted by molar-refractivity contribution is 5.79. The molecule has 7 heteroatoms. The number of hydrogen-bond acceptors (Lipinski definition) is 4. The van der Waals surface area contributed by atoms with Crippen LogP contribution in [0.1, 0.15) is 16.7 Å². The van der Waals surface area contributed by atoms with Crippen molar-refractivity contribution >= 4 is 16.9 Å². The van der Waals surface area contributed by atoms with Crippen molar-refractivity contribution in [1.29, 1.82) is 0 Å². The molecule has 0 spiro atoms. The van der Waals surface area contributed by atoms with Crippen molar-refractivity contribution in [2.24, 2.45) is 0 Å². The van der Waals surface area contributed by atoms with E-state index < -0.39 is 0 Å². The van der Waals surface area contributed by atoms with Crippen LogP contribution < -0.4 is 10.9 Å². The predicted molar refractivity (Wildman–Crippen MR) is 141 cm³/mol. The van der Waals surface area contributed by atoms with Gasteiger partial charge in [-0.15, -0.1) is 0 Å². The number of nitrogens with zero attached hydrogens (tertiary/aromatic N) is 4. The lowest BCUT2D eigenvalue weighted by atomic mass is 10.0. The number of hydrogen-bond donors (Lipinski definition) is 1. The summed E-state index contributed by atoms with van der Waals surface area (Å²) < 4.78 is 3.24. The lowest BCUT2D eigenvalue weighted by Gasteiger charge is -2.08. The molecule has 2 heterocycles. The van der Waals surface area contributed by atoms with Gasteiger partial charge in [0, 0.05) is 6.54 Å². The van der Waals surface area contributed by atoms with Crippen LogP contribution in [-0.2, 0) is 24.3 Å². The monoisotopic (exact) mass is 477 g/mol. The lowest BCUT2D eigenvalue weighted by molar-refractivity contribution is -0.120. The summed E-state index contributed by atoms with van der Waals surface area (Å²) in [7, 11) is 0. The quantitative estimate of drug-likeness (QED) is 0.367. The molecule has 0 aliphatic heterocycles. The van der Waals surface area contributed by atoms with Crippen molar-refractivity contribution in [2.45, 2.75) is 26.4 Å². The fourth-order valence-electron chi connectivity index (χ4n) is 4.16. The van der Waals surface area contributed by atoms with Crippen LogP contribution in [0.5, 0.6) is 0 Å². The molecule has 3 aromatic carbocycles. The van der Waals surface area contributed by atoms with E-state index in [1.807, 2.05) is 73.7 Å². The third-order valence-corrected chi connectivity index (χ3v) is 6.17. The molecule has 0 atom stereocenters. The van der Waals surface area contributed by atoms with Gasteiger partial charge < -0.3 is 5.32 Å². The molecule has 180 valence electrons. The number of aromatic nitrogens is 4. The second-order valence-corrected chi connectivity index (χ2v) is 8.86. The molecule has 0 unspecified atom stereocenters. The van der Waals surface area contributed by atoms with Crippen LogP contribution in [0.2, 0.25) is 0 Å². The second-order valence-electron chi connectivity index (χ2n) is 8.86. The summed E-state index contributed by atoms with van der Waals surface area (Å²) in [5, 5.41) is 7.72. The standard InChI is InChI=1S/C29H27N5O2/c1-21-7-9-23(10-8-21)19-33-20-31-28-26(29(33)36)18-32-34(28)16-15-30-27(35)17-22-11-13-25(14-12-22)24-5-3-2-4-6-24/h2-14,18,20H,15-17,19H2,1H3,(H,30,35). The fourth-order valence-corrected chi connectivity index (χ4v) is 4.16. The summed E-state index contributed by atoms with van der Waals surface area (Å²) in [4.78, 5) is 29.8. The molecule has 0 fully saturated rings. The number of aryl methyl sites for hydroxylation is 1. The number of carbonyl (C=O) groups is 1. The maximum Gasteiger partial charge on any atom is 0.264 e. The summed E-state index contributed by atoms with van der Waals surface area (Å²) in [5.41, 5.74) is 5.82. The first-order valence-corrected chi connectivity index (χ1v) is 11.9. The molecule has 2 aromatic heterocycles. The molecule has 1 N–H and O–H groups in total. The molecule has 0 saturated carbocycles. The zero-order chi connectivity index (χ0) is 24.9. The Hall–Kier alpha value is -4.52. The molecule has 5 aromatic rings. The zero-order valence-corrected chi connectivity index (χ0v) is 20.1. The molecule has 0 aliphatic carbocycles. The second kappa shape index (κ2) is 10.4. The fraction of sp³-hybridized carbons (Fsp3) is 0.172. The van der Waals surface area contributed by atoms with Crippen molar-refractivity contribution in [1.82, 2.24) is 24.6 Å². The molecule has 5 rings (SSSR count). The van der Waals surface area contributed by atoms with Crippen LogP contribution in [0.4, 0.5) is 0 Å². The number of benzene rings is 3. The highest BCUT2D eigenvalue weighted by Crippen LogP contribution is 2.19. The van der Waals surface area contributed by atoms with E-state index in [0.29, 0.717) is 37.1 Å². The van der Waals surface area contributed by atoms with E-state index in [9.17, 15) is 9.59 Å². The van der Waals surface area contributed by atoms with Gasteiger partial charge in [0.25, 0.3) is 5.56 Å². The van der Waals surface area contributed by atoms with Gasteiger partial charge in [-0.05, 0) is 29.2 Å². The lowest BCUT2D eigenvalue weighted by Crippen LogP contribution is -2.29. The average Bonchev–Trinajstić information content (AvgIpc) is 3.31. The minimum atomic E-state index is -0.130. The first-order chi connectivity index (χ1) is 17.6. The van der Waals surface area contributed by atoms with Gasteiger partial charge >= 0.3 is 0 Å². The van der Waals surface area contributed by atoms with Gasteiger partial charge in [0.15, 0.2) is 5.65 Å². The minimum Gasteiger partial charge on any atom is -0.354 e. The maximum atomic E-state index is 12.9. The number of nitrogens with one attached hydrogen (secondary N) is 1. The van der Waals surface area contributed by atoms with Crippen LogP contribution in [0.3, 0.4) is 0 Å². The molecule has 0 saturated heterocycles. The van der Waals surface area contributed by atoms with Crippen molar-refractivity contribution in [2.75, 3.05) is 6.54 Å². The Balaban J connectivity index is 1.17. The minimum absolute atomic E-state index is 0.0627. The van der Waals surface area contributed by atoms with Gasteiger partial charge in [-0.1, -0.05) is 84.4 Å². The molecule has 0 radical (unpaired) electrons. The van der Waals surface area contributed by atoms with Gasteiger partial charge in [0.1, 0.15) is 11.7 Å². The normalized spacial score (nSPS) is 11.0. The van der Waals surface area contributed by atoms with E-state index in [0.717, 1.165) is 22.3 Å².